The lowest BCUT2D eigenvalue weighted by molar-refractivity contribution is 0.0332. The Morgan fingerprint density at radius 2 is 1.89 bits per heavy atom. The summed E-state index contributed by atoms with van der Waals surface area (Å²) in [7, 11) is 1.57. The maximum Gasteiger partial charge on any atom is 0.251 e. The van der Waals surface area contributed by atoms with Crippen molar-refractivity contribution in [3.8, 4) is 11.5 Å². The second-order valence-corrected chi connectivity index (χ2v) is 6.65. The summed E-state index contributed by atoms with van der Waals surface area (Å²) in [4.78, 5) is 15.3. The predicted molar refractivity (Wildman–Crippen MR) is 108 cm³/mol. The lowest BCUT2D eigenvalue weighted by Crippen LogP contribution is -2.43. The SMILES string of the molecule is CCOc1ccc(C(=O)N[C@H](CN2CCOCC2)c2ccccc2)cc1OC. The highest BCUT2D eigenvalue weighted by Gasteiger charge is 2.21. The summed E-state index contributed by atoms with van der Waals surface area (Å²) in [6.45, 7) is 6.39. The first-order valence-corrected chi connectivity index (χ1v) is 9.68. The van der Waals surface area contributed by atoms with E-state index in [2.05, 4.69) is 10.2 Å². The number of hydrogen-bond donors (Lipinski definition) is 1. The number of rotatable bonds is 8. The molecule has 1 aliphatic heterocycles. The second-order valence-electron chi connectivity index (χ2n) is 6.65. The maximum absolute atomic E-state index is 13.0. The van der Waals surface area contributed by atoms with E-state index in [4.69, 9.17) is 14.2 Å². The normalized spacial score (nSPS) is 15.6. The Balaban J connectivity index is 1.76. The van der Waals surface area contributed by atoms with Gasteiger partial charge in [0.1, 0.15) is 0 Å². The van der Waals surface area contributed by atoms with Gasteiger partial charge in [-0.25, -0.2) is 0 Å². The molecule has 0 aliphatic carbocycles. The minimum Gasteiger partial charge on any atom is -0.493 e. The van der Waals surface area contributed by atoms with Crippen LogP contribution in [0.3, 0.4) is 0 Å². The van der Waals surface area contributed by atoms with Crippen LogP contribution in [0, 0.1) is 0 Å². The number of ether oxygens (including phenoxy) is 3. The molecule has 1 atom stereocenters. The molecule has 2 aromatic carbocycles. The molecule has 28 heavy (non-hydrogen) atoms. The molecule has 6 heteroatoms. The lowest BCUT2D eigenvalue weighted by Gasteiger charge is -2.31. The number of nitrogens with zero attached hydrogens (tertiary/aromatic N) is 1. The van der Waals surface area contributed by atoms with E-state index in [-0.39, 0.29) is 11.9 Å². The molecular formula is C22H28N2O4. The molecule has 0 saturated carbocycles. The highest BCUT2D eigenvalue weighted by atomic mass is 16.5. The van der Waals surface area contributed by atoms with Crippen molar-refractivity contribution in [1.29, 1.82) is 0 Å². The first-order valence-electron chi connectivity index (χ1n) is 9.68. The van der Waals surface area contributed by atoms with Crippen LogP contribution in [0.1, 0.15) is 28.9 Å². The van der Waals surface area contributed by atoms with Crippen LogP contribution < -0.4 is 14.8 Å². The Hall–Kier alpha value is -2.57. The van der Waals surface area contributed by atoms with E-state index in [0.29, 0.717) is 23.7 Å². The van der Waals surface area contributed by atoms with Crippen LogP contribution >= 0.6 is 0 Å². The molecular weight excluding hydrogens is 356 g/mol. The van der Waals surface area contributed by atoms with E-state index in [0.717, 1.165) is 38.4 Å². The van der Waals surface area contributed by atoms with Crippen molar-refractivity contribution >= 4 is 5.91 Å². The molecule has 6 nitrogen and oxygen atoms in total. The standard InChI is InChI=1S/C22H28N2O4/c1-3-28-20-10-9-18(15-21(20)26-2)22(25)23-19(17-7-5-4-6-8-17)16-24-11-13-27-14-12-24/h4-10,15,19H,3,11-14,16H2,1-2H3,(H,23,25)/t19-/m1/s1. The summed E-state index contributed by atoms with van der Waals surface area (Å²) in [5.41, 5.74) is 1.63. The van der Waals surface area contributed by atoms with Crippen LogP contribution in [-0.4, -0.2) is 57.4 Å². The summed E-state index contributed by atoms with van der Waals surface area (Å²) in [6, 6.07) is 15.2. The largest absolute Gasteiger partial charge is 0.493 e. The van der Waals surface area contributed by atoms with Crippen molar-refractivity contribution in [3.05, 3.63) is 59.7 Å². The van der Waals surface area contributed by atoms with Crippen LogP contribution in [0.25, 0.3) is 0 Å². The van der Waals surface area contributed by atoms with Crippen molar-refractivity contribution in [1.82, 2.24) is 10.2 Å². The third-order valence-electron chi connectivity index (χ3n) is 4.78. The molecule has 0 radical (unpaired) electrons. The molecule has 0 aromatic heterocycles. The zero-order chi connectivity index (χ0) is 19.8. The van der Waals surface area contributed by atoms with E-state index in [1.807, 2.05) is 37.3 Å². The highest BCUT2D eigenvalue weighted by molar-refractivity contribution is 5.95. The van der Waals surface area contributed by atoms with Gasteiger partial charge in [0.25, 0.3) is 5.91 Å². The molecule has 1 saturated heterocycles. The Morgan fingerprint density at radius 3 is 2.57 bits per heavy atom. The van der Waals surface area contributed by atoms with Crippen molar-refractivity contribution < 1.29 is 19.0 Å². The Labute approximate surface area is 166 Å². The van der Waals surface area contributed by atoms with E-state index in [9.17, 15) is 4.79 Å². The molecule has 1 aliphatic rings. The molecule has 1 amide bonds. The summed E-state index contributed by atoms with van der Waals surface area (Å²) >= 11 is 0. The fraction of sp³-hybridized carbons (Fsp3) is 0.409. The van der Waals surface area contributed by atoms with Gasteiger partial charge in [0.05, 0.1) is 33.0 Å². The van der Waals surface area contributed by atoms with Crippen LogP contribution in [0.5, 0.6) is 11.5 Å². The van der Waals surface area contributed by atoms with Gasteiger partial charge >= 0.3 is 0 Å². The van der Waals surface area contributed by atoms with Crippen molar-refractivity contribution in [2.75, 3.05) is 46.6 Å². The predicted octanol–water partition coefficient (Wildman–Crippen LogP) is 2.90. The molecule has 0 bridgehead atoms. The van der Waals surface area contributed by atoms with Gasteiger partial charge < -0.3 is 19.5 Å². The minimum atomic E-state index is -0.136. The maximum atomic E-state index is 13.0. The average molecular weight is 384 g/mol. The van der Waals surface area contributed by atoms with Crippen molar-refractivity contribution in [2.45, 2.75) is 13.0 Å². The summed E-state index contributed by atoms with van der Waals surface area (Å²) in [6.07, 6.45) is 0. The van der Waals surface area contributed by atoms with E-state index in [1.165, 1.54) is 0 Å². The Kier molecular flexibility index (Phi) is 7.28. The van der Waals surface area contributed by atoms with Gasteiger partial charge in [-0.15, -0.1) is 0 Å². The van der Waals surface area contributed by atoms with Crippen LogP contribution in [0.15, 0.2) is 48.5 Å². The number of carbonyl (C=O) groups excluding carboxylic acids is 1. The van der Waals surface area contributed by atoms with Gasteiger partial charge in [-0.1, -0.05) is 30.3 Å². The quantitative estimate of drug-likeness (QED) is 0.758. The Bertz CT molecular complexity index is 760. The molecule has 0 spiro atoms. The monoisotopic (exact) mass is 384 g/mol. The van der Waals surface area contributed by atoms with Crippen molar-refractivity contribution in [3.63, 3.8) is 0 Å². The molecule has 1 heterocycles. The zero-order valence-corrected chi connectivity index (χ0v) is 16.5. The van der Waals surface area contributed by atoms with Gasteiger partial charge in [-0.05, 0) is 30.7 Å². The lowest BCUT2D eigenvalue weighted by atomic mass is 10.0. The van der Waals surface area contributed by atoms with Crippen LogP contribution in [-0.2, 0) is 4.74 Å². The van der Waals surface area contributed by atoms with Crippen LogP contribution in [0.4, 0.5) is 0 Å². The molecule has 150 valence electrons. The molecule has 1 fully saturated rings. The molecule has 2 aromatic rings. The van der Waals surface area contributed by atoms with E-state index >= 15 is 0 Å². The summed E-state index contributed by atoms with van der Waals surface area (Å²) in [5.74, 6) is 1.05. The number of benzene rings is 2. The van der Waals surface area contributed by atoms with Gasteiger partial charge in [0.2, 0.25) is 0 Å². The van der Waals surface area contributed by atoms with Gasteiger partial charge in [-0.3, -0.25) is 9.69 Å². The number of methoxy groups -OCH3 is 1. The van der Waals surface area contributed by atoms with E-state index < -0.39 is 0 Å². The number of hydrogen-bond acceptors (Lipinski definition) is 5. The topological polar surface area (TPSA) is 60.0 Å². The van der Waals surface area contributed by atoms with Gasteiger partial charge in [0, 0.05) is 25.2 Å². The van der Waals surface area contributed by atoms with Gasteiger partial charge in [0.15, 0.2) is 11.5 Å². The second kappa shape index (κ2) is 10.1. The Morgan fingerprint density at radius 1 is 1.14 bits per heavy atom. The fourth-order valence-corrected chi connectivity index (χ4v) is 3.29. The van der Waals surface area contributed by atoms with Crippen LogP contribution in [0.2, 0.25) is 0 Å². The first kappa shape index (κ1) is 20.2. The number of amides is 1. The first-order chi connectivity index (χ1) is 13.7. The highest BCUT2D eigenvalue weighted by Crippen LogP contribution is 2.28. The average Bonchev–Trinajstić information content (AvgIpc) is 2.75. The fourth-order valence-electron chi connectivity index (χ4n) is 3.29. The van der Waals surface area contributed by atoms with E-state index in [1.54, 1.807) is 25.3 Å². The molecule has 1 N–H and O–H groups in total. The smallest absolute Gasteiger partial charge is 0.251 e. The molecule has 0 unspecified atom stereocenters. The number of carbonyl (C=O) groups is 1. The number of morpholine rings is 1. The summed E-state index contributed by atoms with van der Waals surface area (Å²) < 4.78 is 16.4. The zero-order valence-electron chi connectivity index (χ0n) is 16.5. The number of nitrogens with one attached hydrogen (secondary N) is 1. The van der Waals surface area contributed by atoms with Crippen molar-refractivity contribution in [2.24, 2.45) is 0 Å². The third kappa shape index (κ3) is 5.24. The van der Waals surface area contributed by atoms with Gasteiger partial charge in [-0.2, -0.15) is 0 Å². The third-order valence-corrected chi connectivity index (χ3v) is 4.78. The molecule has 3 rings (SSSR count). The minimum absolute atomic E-state index is 0.107. The summed E-state index contributed by atoms with van der Waals surface area (Å²) in [5, 5.41) is 3.18.